The largest absolute Gasteiger partial charge is 0.490 e. The molecule has 0 aliphatic heterocycles. The first-order valence-electron chi connectivity index (χ1n) is 5.62. The Balaban J connectivity index is 2.67. The molecule has 1 amide bonds. The second kappa shape index (κ2) is 6.60. The zero-order valence-corrected chi connectivity index (χ0v) is 10.4. The standard InChI is InChI=1S/C13H15FN2O2/c1-9(2)8-18-12-4-3-10(7-11(12)14)16-13(17)5-6-15/h3-4,7,9H,5,8H2,1-2H3,(H,16,17). The average Bonchev–Trinajstić information content (AvgIpc) is 2.28. The zero-order valence-electron chi connectivity index (χ0n) is 10.4. The van der Waals surface area contributed by atoms with E-state index < -0.39 is 11.7 Å². The second-order valence-electron chi connectivity index (χ2n) is 4.23. The van der Waals surface area contributed by atoms with Gasteiger partial charge in [0.05, 0.1) is 12.7 Å². The van der Waals surface area contributed by atoms with Gasteiger partial charge in [-0.15, -0.1) is 0 Å². The quantitative estimate of drug-likeness (QED) is 0.873. The summed E-state index contributed by atoms with van der Waals surface area (Å²) in [5.74, 6) is -0.542. The van der Waals surface area contributed by atoms with Crippen LogP contribution in [0.25, 0.3) is 0 Å². The number of nitrogens with one attached hydrogen (secondary N) is 1. The summed E-state index contributed by atoms with van der Waals surface area (Å²) in [4.78, 5) is 11.1. The fourth-order valence-corrected chi connectivity index (χ4v) is 1.23. The average molecular weight is 250 g/mol. The van der Waals surface area contributed by atoms with Crippen molar-refractivity contribution in [1.29, 1.82) is 5.26 Å². The van der Waals surface area contributed by atoms with Gasteiger partial charge in [0.15, 0.2) is 11.6 Å². The summed E-state index contributed by atoms with van der Waals surface area (Å²) in [5.41, 5.74) is 0.310. The van der Waals surface area contributed by atoms with E-state index in [-0.39, 0.29) is 12.2 Å². The van der Waals surface area contributed by atoms with Gasteiger partial charge in [0, 0.05) is 11.8 Å². The minimum absolute atomic E-state index is 0.155. The first kappa shape index (κ1) is 14.0. The Labute approximate surface area is 105 Å². The maximum atomic E-state index is 13.6. The van der Waals surface area contributed by atoms with E-state index in [0.29, 0.717) is 18.2 Å². The van der Waals surface area contributed by atoms with E-state index in [2.05, 4.69) is 5.32 Å². The van der Waals surface area contributed by atoms with Crippen molar-refractivity contribution in [3.8, 4) is 11.8 Å². The molecule has 0 aromatic heterocycles. The normalized spacial score (nSPS) is 9.94. The Morgan fingerprint density at radius 3 is 2.83 bits per heavy atom. The molecule has 1 aromatic rings. The van der Waals surface area contributed by atoms with Crippen molar-refractivity contribution in [3.63, 3.8) is 0 Å². The number of hydrogen-bond acceptors (Lipinski definition) is 3. The summed E-state index contributed by atoms with van der Waals surface area (Å²) in [6.45, 7) is 4.36. The van der Waals surface area contributed by atoms with E-state index >= 15 is 0 Å². The number of carbonyl (C=O) groups is 1. The minimum atomic E-state index is -0.537. The molecule has 0 radical (unpaired) electrons. The van der Waals surface area contributed by atoms with Crippen LogP contribution in [0.3, 0.4) is 0 Å². The molecular weight excluding hydrogens is 235 g/mol. The molecule has 1 rings (SSSR count). The Bertz CT molecular complexity index is 467. The highest BCUT2D eigenvalue weighted by atomic mass is 19.1. The molecule has 5 heteroatoms. The molecule has 0 heterocycles. The Kier molecular flexibility index (Phi) is 5.12. The van der Waals surface area contributed by atoms with Gasteiger partial charge in [-0.05, 0) is 18.1 Å². The van der Waals surface area contributed by atoms with Gasteiger partial charge in [-0.25, -0.2) is 4.39 Å². The highest BCUT2D eigenvalue weighted by Gasteiger charge is 2.07. The lowest BCUT2D eigenvalue weighted by molar-refractivity contribution is -0.115. The smallest absolute Gasteiger partial charge is 0.238 e. The fourth-order valence-electron chi connectivity index (χ4n) is 1.23. The number of amides is 1. The Morgan fingerprint density at radius 2 is 2.28 bits per heavy atom. The number of hydrogen-bond donors (Lipinski definition) is 1. The van der Waals surface area contributed by atoms with Crippen LogP contribution < -0.4 is 10.1 Å². The van der Waals surface area contributed by atoms with Gasteiger partial charge in [0.1, 0.15) is 6.42 Å². The molecule has 4 nitrogen and oxygen atoms in total. The molecule has 1 N–H and O–H groups in total. The monoisotopic (exact) mass is 250 g/mol. The van der Waals surface area contributed by atoms with E-state index in [1.807, 2.05) is 13.8 Å². The molecule has 18 heavy (non-hydrogen) atoms. The SMILES string of the molecule is CC(C)COc1ccc(NC(=O)CC#N)cc1F. The maximum absolute atomic E-state index is 13.6. The van der Waals surface area contributed by atoms with Crippen molar-refractivity contribution in [2.45, 2.75) is 20.3 Å². The van der Waals surface area contributed by atoms with Gasteiger partial charge in [-0.3, -0.25) is 4.79 Å². The van der Waals surface area contributed by atoms with Crippen molar-refractivity contribution >= 4 is 11.6 Å². The zero-order chi connectivity index (χ0) is 13.5. The van der Waals surface area contributed by atoms with Crippen LogP contribution in [0.1, 0.15) is 20.3 Å². The van der Waals surface area contributed by atoms with Gasteiger partial charge < -0.3 is 10.1 Å². The van der Waals surface area contributed by atoms with Crippen LogP contribution in [-0.2, 0) is 4.79 Å². The van der Waals surface area contributed by atoms with Gasteiger partial charge in [0.25, 0.3) is 0 Å². The molecule has 0 fully saturated rings. The van der Waals surface area contributed by atoms with Crippen LogP contribution in [0.2, 0.25) is 0 Å². The highest BCUT2D eigenvalue weighted by molar-refractivity contribution is 5.92. The summed E-state index contributed by atoms with van der Waals surface area (Å²) in [6, 6.07) is 5.88. The molecule has 0 atom stereocenters. The van der Waals surface area contributed by atoms with Gasteiger partial charge in [-0.1, -0.05) is 13.8 Å². The summed E-state index contributed by atoms with van der Waals surface area (Å²) in [6.07, 6.45) is -0.257. The Hall–Kier alpha value is -2.09. The third kappa shape index (κ3) is 4.42. The molecule has 0 aliphatic rings. The van der Waals surface area contributed by atoms with E-state index in [1.54, 1.807) is 6.07 Å². The van der Waals surface area contributed by atoms with Gasteiger partial charge >= 0.3 is 0 Å². The van der Waals surface area contributed by atoms with E-state index in [0.717, 1.165) is 0 Å². The molecule has 1 aromatic carbocycles. The predicted molar refractivity (Wildman–Crippen MR) is 65.6 cm³/mol. The number of anilines is 1. The number of halogens is 1. The van der Waals surface area contributed by atoms with Crippen LogP contribution in [0.15, 0.2) is 18.2 Å². The summed E-state index contributed by atoms with van der Waals surface area (Å²) >= 11 is 0. The van der Waals surface area contributed by atoms with Gasteiger partial charge in [-0.2, -0.15) is 5.26 Å². The lowest BCUT2D eigenvalue weighted by atomic mass is 10.2. The molecule has 0 saturated carbocycles. The second-order valence-corrected chi connectivity index (χ2v) is 4.23. The van der Waals surface area contributed by atoms with Crippen LogP contribution in [0.4, 0.5) is 10.1 Å². The van der Waals surface area contributed by atoms with Crippen LogP contribution in [0, 0.1) is 23.1 Å². The summed E-state index contributed by atoms with van der Waals surface area (Å²) < 4.78 is 18.9. The van der Waals surface area contributed by atoms with Crippen molar-refractivity contribution < 1.29 is 13.9 Å². The summed E-state index contributed by atoms with van der Waals surface area (Å²) in [5, 5.41) is 10.7. The highest BCUT2D eigenvalue weighted by Crippen LogP contribution is 2.21. The van der Waals surface area contributed by atoms with Crippen LogP contribution >= 0.6 is 0 Å². The lowest BCUT2D eigenvalue weighted by Gasteiger charge is -2.10. The van der Waals surface area contributed by atoms with Crippen molar-refractivity contribution in [1.82, 2.24) is 0 Å². The van der Waals surface area contributed by atoms with E-state index in [9.17, 15) is 9.18 Å². The molecular formula is C13H15FN2O2. The van der Waals surface area contributed by atoms with Crippen LogP contribution in [0.5, 0.6) is 5.75 Å². The van der Waals surface area contributed by atoms with E-state index in [1.165, 1.54) is 18.2 Å². The number of nitriles is 1. The number of ether oxygens (including phenoxy) is 1. The molecule has 0 unspecified atom stereocenters. The number of rotatable bonds is 5. The fraction of sp³-hybridized carbons (Fsp3) is 0.385. The number of carbonyl (C=O) groups excluding carboxylic acids is 1. The number of benzene rings is 1. The minimum Gasteiger partial charge on any atom is -0.490 e. The number of nitrogens with zero attached hydrogens (tertiary/aromatic N) is 1. The first-order valence-corrected chi connectivity index (χ1v) is 5.62. The van der Waals surface area contributed by atoms with E-state index in [4.69, 9.17) is 10.00 Å². The molecule has 96 valence electrons. The van der Waals surface area contributed by atoms with Crippen molar-refractivity contribution in [2.24, 2.45) is 5.92 Å². The van der Waals surface area contributed by atoms with Crippen molar-refractivity contribution in [3.05, 3.63) is 24.0 Å². The predicted octanol–water partition coefficient (Wildman–Crippen LogP) is 2.71. The molecule has 0 aliphatic carbocycles. The molecule has 0 bridgehead atoms. The maximum Gasteiger partial charge on any atom is 0.238 e. The summed E-state index contributed by atoms with van der Waals surface area (Å²) in [7, 11) is 0. The topological polar surface area (TPSA) is 62.1 Å². The third-order valence-electron chi connectivity index (χ3n) is 2.03. The van der Waals surface area contributed by atoms with Gasteiger partial charge in [0.2, 0.25) is 5.91 Å². The molecule has 0 saturated heterocycles. The molecule has 0 spiro atoms. The third-order valence-corrected chi connectivity index (χ3v) is 2.03. The van der Waals surface area contributed by atoms with Crippen molar-refractivity contribution in [2.75, 3.05) is 11.9 Å². The Morgan fingerprint density at radius 1 is 1.56 bits per heavy atom. The first-order chi connectivity index (χ1) is 8.52. The lowest BCUT2D eigenvalue weighted by Crippen LogP contribution is -2.11. The van der Waals surface area contributed by atoms with Crippen LogP contribution in [-0.4, -0.2) is 12.5 Å².